The number of ether oxygens (including phenoxy) is 3. The lowest BCUT2D eigenvalue weighted by molar-refractivity contribution is 0.106. The Bertz CT molecular complexity index is 1300. The quantitative estimate of drug-likeness (QED) is 0.0744. The molecule has 2 aromatic carbocycles. The molecule has 0 aliphatic heterocycles. The molecule has 3 heteroatoms. The third kappa shape index (κ3) is 17.1. The van der Waals surface area contributed by atoms with Crippen molar-refractivity contribution in [3.63, 3.8) is 0 Å². The lowest BCUT2D eigenvalue weighted by Gasteiger charge is -2.37. The summed E-state index contributed by atoms with van der Waals surface area (Å²) in [6.45, 7) is 14.4. The van der Waals surface area contributed by atoms with Gasteiger partial charge in [-0.1, -0.05) is 176 Å². The molecule has 0 fully saturated rings. The van der Waals surface area contributed by atoms with E-state index < -0.39 is 0 Å². The minimum Gasteiger partial charge on any atom is -0.381 e. The smallest absolute Gasteiger partial charge is 0.0713 e. The summed E-state index contributed by atoms with van der Waals surface area (Å²) in [7, 11) is 0. The largest absolute Gasteiger partial charge is 0.381 e. The number of hydrogen-bond acceptors (Lipinski definition) is 3. The molecule has 4 rings (SSSR count). The standard InChI is InChI=1S/C52H78O3/c1-5-7-9-11-19-37-54-43-47-29-33-51(3,34-30-47)49(41-45-23-15-13-16-24-45)27-21-39-53-40-22-28-50(42-46-25-17-14-18-26-46)52(4)35-31-48(32-36-52)44-55-38-20-12-10-8-6-2/h13-18,23-26,29-33,35,49-50H,5-12,19-22,27-28,34,36-44H2,1-4H3. The molecule has 55 heavy (non-hydrogen) atoms. The first-order valence-electron chi connectivity index (χ1n) is 22.5. The zero-order chi connectivity index (χ0) is 38.9. The second kappa shape index (κ2) is 26.2. The van der Waals surface area contributed by atoms with E-state index in [2.05, 4.69) is 125 Å². The van der Waals surface area contributed by atoms with E-state index >= 15 is 0 Å². The van der Waals surface area contributed by atoms with Crippen molar-refractivity contribution >= 4 is 0 Å². The molecule has 0 aromatic heterocycles. The number of allylic oxidation sites excluding steroid dienone is 4. The van der Waals surface area contributed by atoms with Gasteiger partial charge in [-0.3, -0.25) is 0 Å². The van der Waals surface area contributed by atoms with E-state index in [9.17, 15) is 0 Å². The van der Waals surface area contributed by atoms with Crippen LogP contribution in [0.1, 0.15) is 142 Å². The van der Waals surface area contributed by atoms with Crippen LogP contribution in [0.15, 0.2) is 108 Å². The van der Waals surface area contributed by atoms with Crippen molar-refractivity contribution in [3.05, 3.63) is 119 Å². The Hall–Kier alpha value is -2.72. The Morgan fingerprint density at radius 1 is 0.491 bits per heavy atom. The maximum absolute atomic E-state index is 6.39. The summed E-state index contributed by atoms with van der Waals surface area (Å²) < 4.78 is 18.5. The average molecular weight is 751 g/mol. The number of unbranched alkanes of at least 4 members (excludes halogenated alkanes) is 8. The van der Waals surface area contributed by atoms with Crippen molar-refractivity contribution in [1.29, 1.82) is 0 Å². The fourth-order valence-corrected chi connectivity index (χ4v) is 8.48. The Balaban J connectivity index is 1.22. The van der Waals surface area contributed by atoms with E-state index in [1.807, 2.05) is 0 Å². The lowest BCUT2D eigenvalue weighted by atomic mass is 9.68. The molecular formula is C52H78O3. The first-order valence-corrected chi connectivity index (χ1v) is 22.5. The highest BCUT2D eigenvalue weighted by Gasteiger charge is 2.33. The normalized spacial score (nSPS) is 20.7. The van der Waals surface area contributed by atoms with Gasteiger partial charge in [-0.05, 0) is 109 Å². The Morgan fingerprint density at radius 2 is 0.891 bits per heavy atom. The van der Waals surface area contributed by atoms with Gasteiger partial charge in [0.05, 0.1) is 13.2 Å². The Kier molecular flexibility index (Phi) is 21.5. The highest BCUT2D eigenvalue weighted by atomic mass is 16.5. The first-order chi connectivity index (χ1) is 26.9. The molecule has 0 N–H and O–H groups in total. The molecule has 0 spiro atoms. The molecule has 0 radical (unpaired) electrons. The highest BCUT2D eigenvalue weighted by Crippen LogP contribution is 2.43. The number of rotatable bonds is 30. The molecule has 0 amide bonds. The van der Waals surface area contributed by atoms with Gasteiger partial charge in [0.2, 0.25) is 0 Å². The molecule has 4 atom stereocenters. The predicted molar refractivity (Wildman–Crippen MR) is 236 cm³/mol. The Labute approximate surface area is 338 Å². The molecule has 4 unspecified atom stereocenters. The molecule has 0 bridgehead atoms. The molecule has 0 heterocycles. The summed E-state index contributed by atoms with van der Waals surface area (Å²) in [4.78, 5) is 0. The summed E-state index contributed by atoms with van der Waals surface area (Å²) in [5.41, 5.74) is 5.83. The van der Waals surface area contributed by atoms with E-state index in [-0.39, 0.29) is 10.8 Å². The van der Waals surface area contributed by atoms with Crippen molar-refractivity contribution in [2.24, 2.45) is 22.7 Å². The van der Waals surface area contributed by atoms with Gasteiger partial charge in [0, 0.05) is 26.4 Å². The van der Waals surface area contributed by atoms with Gasteiger partial charge in [-0.25, -0.2) is 0 Å². The van der Waals surface area contributed by atoms with E-state index in [1.165, 1.54) is 99.3 Å². The van der Waals surface area contributed by atoms with Crippen molar-refractivity contribution < 1.29 is 14.2 Å². The highest BCUT2D eigenvalue weighted by molar-refractivity contribution is 5.29. The fraction of sp³-hybridized carbons (Fsp3) is 0.615. The summed E-state index contributed by atoms with van der Waals surface area (Å²) >= 11 is 0. The van der Waals surface area contributed by atoms with Gasteiger partial charge in [0.1, 0.15) is 0 Å². The summed E-state index contributed by atoms with van der Waals surface area (Å²) in [5, 5.41) is 0. The first kappa shape index (κ1) is 45.0. The maximum Gasteiger partial charge on any atom is 0.0713 e. The van der Waals surface area contributed by atoms with Crippen molar-refractivity contribution in [2.75, 3.05) is 39.6 Å². The van der Waals surface area contributed by atoms with Gasteiger partial charge >= 0.3 is 0 Å². The SMILES string of the molecule is CCCCCCCOCC1=CCC(C)(C(CCCOCCCC(Cc2ccccc2)C2(C)C=CC(COCCCCCCC)=CC2)Cc2ccccc2)C=C1. The van der Waals surface area contributed by atoms with Crippen LogP contribution in [0.5, 0.6) is 0 Å². The van der Waals surface area contributed by atoms with Gasteiger partial charge in [0.15, 0.2) is 0 Å². The third-order valence-electron chi connectivity index (χ3n) is 12.5. The summed E-state index contributed by atoms with van der Waals surface area (Å²) in [6.07, 6.45) is 36.3. The fourth-order valence-electron chi connectivity index (χ4n) is 8.48. The molecule has 3 nitrogen and oxygen atoms in total. The molecule has 304 valence electrons. The van der Waals surface area contributed by atoms with Gasteiger partial charge in [-0.2, -0.15) is 0 Å². The number of hydrogen-bond donors (Lipinski definition) is 0. The van der Waals surface area contributed by atoms with Crippen LogP contribution in [0, 0.1) is 22.7 Å². The second-order valence-corrected chi connectivity index (χ2v) is 17.2. The van der Waals surface area contributed by atoms with Crippen molar-refractivity contribution in [3.8, 4) is 0 Å². The van der Waals surface area contributed by atoms with Crippen LogP contribution in [0.25, 0.3) is 0 Å². The summed E-state index contributed by atoms with van der Waals surface area (Å²) in [5.74, 6) is 1.13. The van der Waals surface area contributed by atoms with Crippen LogP contribution >= 0.6 is 0 Å². The predicted octanol–water partition coefficient (Wildman–Crippen LogP) is 14.0. The van der Waals surface area contributed by atoms with Crippen LogP contribution in [0.4, 0.5) is 0 Å². The average Bonchev–Trinajstić information content (AvgIpc) is 3.21. The minimum atomic E-state index is 0.141. The lowest BCUT2D eigenvalue weighted by Crippen LogP contribution is -2.29. The zero-order valence-electron chi connectivity index (χ0n) is 35.6. The van der Waals surface area contributed by atoms with E-state index in [4.69, 9.17) is 14.2 Å². The van der Waals surface area contributed by atoms with Gasteiger partial charge < -0.3 is 14.2 Å². The zero-order valence-corrected chi connectivity index (χ0v) is 35.6. The van der Waals surface area contributed by atoms with Crippen LogP contribution in [-0.2, 0) is 27.1 Å². The third-order valence-corrected chi connectivity index (χ3v) is 12.5. The molecule has 2 aromatic rings. The van der Waals surface area contributed by atoms with E-state index in [0.29, 0.717) is 11.8 Å². The van der Waals surface area contributed by atoms with Crippen LogP contribution < -0.4 is 0 Å². The molecule has 0 saturated heterocycles. The van der Waals surface area contributed by atoms with Crippen LogP contribution in [-0.4, -0.2) is 39.6 Å². The van der Waals surface area contributed by atoms with Crippen molar-refractivity contribution in [2.45, 2.75) is 143 Å². The second-order valence-electron chi connectivity index (χ2n) is 17.2. The topological polar surface area (TPSA) is 27.7 Å². The van der Waals surface area contributed by atoms with E-state index in [1.54, 1.807) is 0 Å². The molecule has 0 saturated carbocycles. The van der Waals surface area contributed by atoms with Gasteiger partial charge in [0.25, 0.3) is 0 Å². The molecule has 2 aliphatic carbocycles. The van der Waals surface area contributed by atoms with Gasteiger partial charge in [-0.15, -0.1) is 0 Å². The van der Waals surface area contributed by atoms with Crippen molar-refractivity contribution in [1.82, 2.24) is 0 Å². The van der Waals surface area contributed by atoms with Crippen LogP contribution in [0.2, 0.25) is 0 Å². The monoisotopic (exact) mass is 751 g/mol. The number of benzene rings is 2. The van der Waals surface area contributed by atoms with E-state index in [0.717, 1.165) is 78.2 Å². The summed E-state index contributed by atoms with van der Waals surface area (Å²) in [6, 6.07) is 22.2. The Morgan fingerprint density at radius 3 is 1.27 bits per heavy atom. The van der Waals surface area contributed by atoms with Crippen LogP contribution in [0.3, 0.4) is 0 Å². The molecular weight excluding hydrogens is 673 g/mol. The minimum absolute atomic E-state index is 0.141. The molecule has 2 aliphatic rings. The maximum atomic E-state index is 6.39.